The van der Waals surface area contributed by atoms with Gasteiger partial charge in [0, 0.05) is 30.9 Å². The van der Waals surface area contributed by atoms with E-state index in [1.807, 2.05) is 12.1 Å². The summed E-state index contributed by atoms with van der Waals surface area (Å²) < 4.78 is 0. The summed E-state index contributed by atoms with van der Waals surface area (Å²) in [5.41, 5.74) is 2.11. The van der Waals surface area contributed by atoms with Crippen LogP contribution in [0.5, 0.6) is 0 Å². The molecular formula is C21H36N2O. The molecule has 0 saturated heterocycles. The number of unbranched alkanes of at least 4 members (excludes halogenated alkanes) is 7. The molecule has 3 nitrogen and oxygen atoms in total. The molecule has 1 rings (SSSR count). The molecule has 136 valence electrons. The largest absolute Gasteiger partial charge is 0.372 e. The van der Waals surface area contributed by atoms with Crippen LogP contribution >= 0.6 is 0 Å². The summed E-state index contributed by atoms with van der Waals surface area (Å²) in [6, 6.07) is 8.16. The van der Waals surface area contributed by atoms with Gasteiger partial charge in [0.2, 0.25) is 5.91 Å². The van der Waals surface area contributed by atoms with Gasteiger partial charge in [-0.1, -0.05) is 51.9 Å². The van der Waals surface area contributed by atoms with Crippen LogP contribution in [0.1, 0.15) is 78.6 Å². The third-order valence-corrected chi connectivity index (χ3v) is 4.54. The summed E-state index contributed by atoms with van der Waals surface area (Å²) in [7, 11) is 0. The fourth-order valence-corrected chi connectivity index (χ4v) is 2.99. The second-order valence-electron chi connectivity index (χ2n) is 6.49. The first-order chi connectivity index (χ1) is 11.7. The number of anilines is 2. The molecule has 3 heteroatoms. The molecule has 0 bridgehead atoms. The zero-order valence-electron chi connectivity index (χ0n) is 15.9. The molecule has 0 saturated carbocycles. The highest BCUT2D eigenvalue weighted by Crippen LogP contribution is 2.18. The van der Waals surface area contributed by atoms with E-state index < -0.39 is 0 Å². The molecule has 0 atom stereocenters. The zero-order valence-corrected chi connectivity index (χ0v) is 15.9. The van der Waals surface area contributed by atoms with Gasteiger partial charge in [-0.15, -0.1) is 0 Å². The first-order valence-corrected chi connectivity index (χ1v) is 9.86. The summed E-state index contributed by atoms with van der Waals surface area (Å²) in [6.07, 6.45) is 10.7. The zero-order chi connectivity index (χ0) is 17.6. The third kappa shape index (κ3) is 8.37. The van der Waals surface area contributed by atoms with E-state index in [4.69, 9.17) is 0 Å². The van der Waals surface area contributed by atoms with E-state index in [9.17, 15) is 4.79 Å². The van der Waals surface area contributed by atoms with E-state index >= 15 is 0 Å². The SMILES string of the molecule is CCCCCCCCCCC(=O)Nc1ccc(N(CC)CC)cc1. The Balaban J connectivity index is 2.18. The molecule has 0 aromatic heterocycles. The normalized spacial score (nSPS) is 10.6. The number of benzene rings is 1. The molecule has 0 fully saturated rings. The minimum Gasteiger partial charge on any atom is -0.372 e. The van der Waals surface area contributed by atoms with Crippen LogP contribution in [-0.4, -0.2) is 19.0 Å². The lowest BCUT2D eigenvalue weighted by atomic mass is 10.1. The maximum atomic E-state index is 12.0. The summed E-state index contributed by atoms with van der Waals surface area (Å²) in [6.45, 7) is 8.56. The van der Waals surface area contributed by atoms with Gasteiger partial charge in [-0.05, 0) is 44.5 Å². The van der Waals surface area contributed by atoms with Gasteiger partial charge in [0.15, 0.2) is 0 Å². The maximum absolute atomic E-state index is 12.0. The third-order valence-electron chi connectivity index (χ3n) is 4.54. The summed E-state index contributed by atoms with van der Waals surface area (Å²) in [5, 5.41) is 3.01. The second-order valence-corrected chi connectivity index (χ2v) is 6.49. The number of carbonyl (C=O) groups is 1. The average molecular weight is 333 g/mol. The number of nitrogens with zero attached hydrogens (tertiary/aromatic N) is 1. The molecule has 0 radical (unpaired) electrons. The Kier molecular flexibility index (Phi) is 11.0. The van der Waals surface area contributed by atoms with E-state index in [0.29, 0.717) is 6.42 Å². The van der Waals surface area contributed by atoms with Gasteiger partial charge in [0.1, 0.15) is 0 Å². The van der Waals surface area contributed by atoms with Crippen molar-refractivity contribution >= 4 is 17.3 Å². The predicted molar refractivity (Wildman–Crippen MR) is 106 cm³/mol. The lowest BCUT2D eigenvalue weighted by Crippen LogP contribution is -2.21. The lowest BCUT2D eigenvalue weighted by molar-refractivity contribution is -0.116. The number of rotatable bonds is 13. The highest BCUT2D eigenvalue weighted by molar-refractivity contribution is 5.90. The summed E-state index contributed by atoms with van der Waals surface area (Å²) in [5.74, 6) is 0.136. The van der Waals surface area contributed by atoms with Crippen LogP contribution < -0.4 is 10.2 Å². The molecule has 24 heavy (non-hydrogen) atoms. The molecule has 0 unspecified atom stereocenters. The molecule has 0 aliphatic carbocycles. The standard InChI is InChI=1S/C21H36N2O/c1-4-7-8-9-10-11-12-13-14-21(24)22-19-15-17-20(18-16-19)23(5-2)6-3/h15-18H,4-14H2,1-3H3,(H,22,24). The maximum Gasteiger partial charge on any atom is 0.224 e. The van der Waals surface area contributed by atoms with Crippen molar-refractivity contribution in [1.82, 2.24) is 0 Å². The molecule has 1 amide bonds. The van der Waals surface area contributed by atoms with Crippen LogP contribution in [0.4, 0.5) is 11.4 Å². The van der Waals surface area contributed by atoms with Gasteiger partial charge in [-0.25, -0.2) is 0 Å². The highest BCUT2D eigenvalue weighted by Gasteiger charge is 2.04. The number of nitrogens with one attached hydrogen (secondary N) is 1. The van der Waals surface area contributed by atoms with Crippen molar-refractivity contribution in [1.29, 1.82) is 0 Å². The number of hydrogen-bond acceptors (Lipinski definition) is 2. The topological polar surface area (TPSA) is 32.3 Å². The van der Waals surface area contributed by atoms with E-state index in [1.165, 1.54) is 50.6 Å². The Labute approximate surface area is 148 Å². The summed E-state index contributed by atoms with van der Waals surface area (Å²) in [4.78, 5) is 14.3. The van der Waals surface area contributed by atoms with Crippen LogP contribution in [0.2, 0.25) is 0 Å². The van der Waals surface area contributed by atoms with Gasteiger partial charge < -0.3 is 10.2 Å². The Morgan fingerprint density at radius 1 is 0.833 bits per heavy atom. The molecule has 0 heterocycles. The Morgan fingerprint density at radius 3 is 1.92 bits per heavy atom. The van der Waals surface area contributed by atoms with E-state index in [0.717, 1.165) is 25.2 Å². The van der Waals surface area contributed by atoms with Gasteiger partial charge in [0.05, 0.1) is 0 Å². The van der Waals surface area contributed by atoms with Crippen molar-refractivity contribution in [3.05, 3.63) is 24.3 Å². The van der Waals surface area contributed by atoms with Crippen molar-refractivity contribution in [2.45, 2.75) is 78.6 Å². The number of amides is 1. The quantitative estimate of drug-likeness (QED) is 0.449. The fourth-order valence-electron chi connectivity index (χ4n) is 2.99. The first-order valence-electron chi connectivity index (χ1n) is 9.86. The predicted octanol–water partition coefficient (Wildman–Crippen LogP) is 6.00. The van der Waals surface area contributed by atoms with Crippen molar-refractivity contribution in [3.8, 4) is 0 Å². The van der Waals surface area contributed by atoms with Crippen LogP contribution in [0.15, 0.2) is 24.3 Å². The monoisotopic (exact) mass is 332 g/mol. The minimum absolute atomic E-state index is 0.136. The fraction of sp³-hybridized carbons (Fsp3) is 0.667. The molecule has 0 aliphatic rings. The van der Waals surface area contributed by atoms with Crippen molar-refractivity contribution < 1.29 is 4.79 Å². The highest BCUT2D eigenvalue weighted by atomic mass is 16.1. The second kappa shape index (κ2) is 12.9. The average Bonchev–Trinajstić information content (AvgIpc) is 2.60. The van der Waals surface area contributed by atoms with Crippen LogP contribution in [0.25, 0.3) is 0 Å². The number of hydrogen-bond donors (Lipinski definition) is 1. The van der Waals surface area contributed by atoms with Crippen molar-refractivity contribution in [2.24, 2.45) is 0 Å². The van der Waals surface area contributed by atoms with Gasteiger partial charge in [0.25, 0.3) is 0 Å². The Hall–Kier alpha value is -1.51. The van der Waals surface area contributed by atoms with E-state index in [2.05, 4.69) is 43.1 Å². The first kappa shape index (κ1) is 20.5. The van der Waals surface area contributed by atoms with Gasteiger partial charge >= 0.3 is 0 Å². The van der Waals surface area contributed by atoms with Gasteiger partial charge in [-0.2, -0.15) is 0 Å². The number of carbonyl (C=O) groups excluding carboxylic acids is 1. The van der Waals surface area contributed by atoms with Crippen LogP contribution in [-0.2, 0) is 4.79 Å². The van der Waals surface area contributed by atoms with E-state index in [1.54, 1.807) is 0 Å². The molecular weight excluding hydrogens is 296 g/mol. The van der Waals surface area contributed by atoms with Crippen molar-refractivity contribution in [2.75, 3.05) is 23.3 Å². The summed E-state index contributed by atoms with van der Waals surface area (Å²) >= 11 is 0. The lowest BCUT2D eigenvalue weighted by Gasteiger charge is -2.21. The Morgan fingerprint density at radius 2 is 1.38 bits per heavy atom. The molecule has 1 aromatic rings. The molecule has 0 aliphatic heterocycles. The Bertz CT molecular complexity index is 438. The van der Waals surface area contributed by atoms with Gasteiger partial charge in [-0.3, -0.25) is 4.79 Å². The van der Waals surface area contributed by atoms with E-state index in [-0.39, 0.29) is 5.91 Å². The van der Waals surface area contributed by atoms with Crippen molar-refractivity contribution in [3.63, 3.8) is 0 Å². The van der Waals surface area contributed by atoms with Crippen LogP contribution in [0.3, 0.4) is 0 Å². The molecule has 0 spiro atoms. The molecule has 1 aromatic carbocycles. The molecule has 1 N–H and O–H groups in total. The minimum atomic E-state index is 0.136. The van der Waals surface area contributed by atoms with Crippen LogP contribution in [0, 0.1) is 0 Å². The smallest absolute Gasteiger partial charge is 0.224 e.